The lowest BCUT2D eigenvalue weighted by Crippen LogP contribution is -2.35. The predicted molar refractivity (Wildman–Crippen MR) is 91.3 cm³/mol. The Morgan fingerprint density at radius 3 is 2.24 bits per heavy atom. The summed E-state index contributed by atoms with van der Waals surface area (Å²) in [6.45, 7) is 1.55. The maximum Gasteiger partial charge on any atom is 0.269 e. The number of piperidine rings is 1. The molecule has 1 aliphatic rings. The Bertz CT molecular complexity index is 724. The zero-order chi connectivity index (χ0) is 17.8. The van der Waals surface area contributed by atoms with Crippen molar-refractivity contribution in [3.63, 3.8) is 0 Å². The molecule has 0 atom stereocenters. The molecule has 3 N–H and O–H groups in total. The Kier molecular flexibility index (Phi) is 5.14. The van der Waals surface area contributed by atoms with Gasteiger partial charge in [-0.15, -0.1) is 0 Å². The number of aliphatic hydroxyl groups excluding tert-OH is 1. The van der Waals surface area contributed by atoms with Gasteiger partial charge in [0.2, 0.25) is 0 Å². The van der Waals surface area contributed by atoms with Gasteiger partial charge in [-0.2, -0.15) is 0 Å². The lowest BCUT2D eigenvalue weighted by Gasteiger charge is -2.31. The Labute approximate surface area is 144 Å². The molecular formula is C18H19F2N3O2. The fraction of sp³-hybridized carbons (Fsp3) is 0.278. The third-order valence-corrected chi connectivity index (χ3v) is 4.14. The van der Waals surface area contributed by atoms with Gasteiger partial charge in [-0.05, 0) is 49.2 Å². The van der Waals surface area contributed by atoms with Gasteiger partial charge in [-0.25, -0.2) is 8.78 Å². The Balaban J connectivity index is 1.59. The van der Waals surface area contributed by atoms with Crippen LogP contribution in [0, 0.1) is 11.6 Å². The minimum Gasteiger partial charge on any atom is -0.393 e. The standard InChI is InChI=1S/C18H19F2N3O2/c19-13-9-14(20)11-15(10-13)21-22-18(25)12-1-3-16(4-2-12)23-7-5-17(24)6-8-23/h1-4,9-11,17,21,24H,5-8H2,(H,22,25). The molecule has 1 fully saturated rings. The second-order valence-electron chi connectivity index (χ2n) is 6.00. The van der Waals surface area contributed by atoms with Crippen molar-refractivity contribution in [1.29, 1.82) is 0 Å². The molecule has 2 aromatic carbocycles. The average molecular weight is 347 g/mol. The first-order valence-electron chi connectivity index (χ1n) is 8.07. The Morgan fingerprint density at radius 2 is 1.64 bits per heavy atom. The van der Waals surface area contributed by atoms with Crippen molar-refractivity contribution in [2.45, 2.75) is 18.9 Å². The van der Waals surface area contributed by atoms with E-state index in [1.165, 1.54) is 0 Å². The highest BCUT2D eigenvalue weighted by Crippen LogP contribution is 2.20. The van der Waals surface area contributed by atoms with E-state index in [0.29, 0.717) is 5.56 Å². The predicted octanol–water partition coefficient (Wildman–Crippen LogP) is 2.68. The van der Waals surface area contributed by atoms with Gasteiger partial charge in [0.1, 0.15) is 11.6 Å². The molecule has 0 spiro atoms. The zero-order valence-electron chi connectivity index (χ0n) is 13.5. The maximum atomic E-state index is 13.1. The van der Waals surface area contributed by atoms with Crippen molar-refractivity contribution in [1.82, 2.24) is 5.43 Å². The highest BCUT2D eigenvalue weighted by Gasteiger charge is 2.17. The number of anilines is 2. The molecule has 1 amide bonds. The number of carbonyl (C=O) groups excluding carboxylic acids is 1. The Morgan fingerprint density at radius 1 is 1.04 bits per heavy atom. The summed E-state index contributed by atoms with van der Waals surface area (Å²) in [5.41, 5.74) is 6.43. The van der Waals surface area contributed by atoms with Crippen LogP contribution in [0.25, 0.3) is 0 Å². The molecule has 1 heterocycles. The van der Waals surface area contributed by atoms with E-state index in [-0.39, 0.29) is 11.8 Å². The van der Waals surface area contributed by atoms with E-state index in [1.807, 2.05) is 12.1 Å². The molecule has 7 heteroatoms. The first-order chi connectivity index (χ1) is 12.0. The lowest BCUT2D eigenvalue weighted by molar-refractivity contribution is 0.0962. The summed E-state index contributed by atoms with van der Waals surface area (Å²) >= 11 is 0. The fourth-order valence-electron chi connectivity index (χ4n) is 2.77. The molecule has 1 saturated heterocycles. The number of aliphatic hydroxyl groups is 1. The highest BCUT2D eigenvalue weighted by molar-refractivity contribution is 5.95. The van der Waals surface area contributed by atoms with Gasteiger partial charge in [0, 0.05) is 30.4 Å². The molecule has 0 radical (unpaired) electrons. The number of rotatable bonds is 4. The van der Waals surface area contributed by atoms with Crippen LogP contribution in [0.4, 0.5) is 20.2 Å². The van der Waals surface area contributed by atoms with E-state index < -0.39 is 17.5 Å². The minimum absolute atomic E-state index is 0.120. The summed E-state index contributed by atoms with van der Waals surface area (Å²) in [5, 5.41) is 9.54. The number of hydrazine groups is 1. The van der Waals surface area contributed by atoms with Crippen LogP contribution in [0.5, 0.6) is 0 Å². The third kappa shape index (κ3) is 4.45. The van der Waals surface area contributed by atoms with Gasteiger partial charge >= 0.3 is 0 Å². The number of halogens is 2. The number of nitrogens with zero attached hydrogens (tertiary/aromatic N) is 1. The van der Waals surface area contributed by atoms with Crippen LogP contribution in [0.3, 0.4) is 0 Å². The monoisotopic (exact) mass is 347 g/mol. The smallest absolute Gasteiger partial charge is 0.269 e. The molecular weight excluding hydrogens is 328 g/mol. The molecule has 5 nitrogen and oxygen atoms in total. The summed E-state index contributed by atoms with van der Waals surface area (Å²) in [5.74, 6) is -1.87. The van der Waals surface area contributed by atoms with Gasteiger partial charge in [-0.1, -0.05) is 0 Å². The molecule has 1 aliphatic heterocycles. The summed E-state index contributed by atoms with van der Waals surface area (Å²) in [7, 11) is 0. The van der Waals surface area contributed by atoms with Crippen LogP contribution in [0.15, 0.2) is 42.5 Å². The second kappa shape index (κ2) is 7.48. The first-order valence-corrected chi connectivity index (χ1v) is 8.07. The van der Waals surface area contributed by atoms with E-state index in [9.17, 15) is 18.7 Å². The quantitative estimate of drug-likeness (QED) is 0.744. The number of hydrogen-bond acceptors (Lipinski definition) is 4. The van der Waals surface area contributed by atoms with Gasteiger partial charge in [0.15, 0.2) is 0 Å². The van der Waals surface area contributed by atoms with Gasteiger partial charge < -0.3 is 10.0 Å². The molecule has 3 rings (SSSR count). The van der Waals surface area contributed by atoms with Crippen LogP contribution < -0.4 is 15.8 Å². The number of carbonyl (C=O) groups is 1. The summed E-state index contributed by atoms with van der Waals surface area (Å²) < 4.78 is 26.2. The van der Waals surface area contributed by atoms with Crippen LogP contribution in [0.2, 0.25) is 0 Å². The summed E-state index contributed by atoms with van der Waals surface area (Å²) in [6, 6.07) is 9.97. The molecule has 0 bridgehead atoms. The highest BCUT2D eigenvalue weighted by atomic mass is 19.1. The van der Waals surface area contributed by atoms with Gasteiger partial charge in [0.05, 0.1) is 11.8 Å². The molecule has 25 heavy (non-hydrogen) atoms. The topological polar surface area (TPSA) is 64.6 Å². The van der Waals surface area contributed by atoms with E-state index in [4.69, 9.17) is 0 Å². The van der Waals surface area contributed by atoms with Gasteiger partial charge in [0.25, 0.3) is 5.91 Å². The lowest BCUT2D eigenvalue weighted by atomic mass is 10.1. The maximum absolute atomic E-state index is 13.1. The number of hydrogen-bond donors (Lipinski definition) is 3. The van der Waals surface area contributed by atoms with Gasteiger partial charge in [-0.3, -0.25) is 15.6 Å². The van der Waals surface area contributed by atoms with Crippen molar-refractivity contribution in [2.75, 3.05) is 23.4 Å². The largest absolute Gasteiger partial charge is 0.393 e. The SMILES string of the molecule is O=C(NNc1cc(F)cc(F)c1)c1ccc(N2CCC(O)CC2)cc1. The molecule has 0 aliphatic carbocycles. The van der Waals surface area contributed by atoms with Crippen molar-refractivity contribution < 1.29 is 18.7 Å². The normalized spacial score (nSPS) is 15.1. The van der Waals surface area contributed by atoms with Crippen LogP contribution >= 0.6 is 0 Å². The number of nitrogens with one attached hydrogen (secondary N) is 2. The third-order valence-electron chi connectivity index (χ3n) is 4.14. The van der Waals surface area contributed by atoms with Crippen molar-refractivity contribution in [2.24, 2.45) is 0 Å². The molecule has 0 aromatic heterocycles. The number of benzene rings is 2. The van der Waals surface area contributed by atoms with E-state index in [2.05, 4.69) is 15.8 Å². The van der Waals surface area contributed by atoms with Crippen molar-refractivity contribution >= 4 is 17.3 Å². The zero-order valence-corrected chi connectivity index (χ0v) is 13.5. The van der Waals surface area contributed by atoms with Crippen LogP contribution in [-0.4, -0.2) is 30.2 Å². The molecule has 2 aromatic rings. The van der Waals surface area contributed by atoms with Crippen LogP contribution in [-0.2, 0) is 0 Å². The first kappa shape index (κ1) is 17.2. The second-order valence-corrected chi connectivity index (χ2v) is 6.00. The van der Waals surface area contributed by atoms with Crippen molar-refractivity contribution in [3.05, 3.63) is 59.7 Å². The molecule has 132 valence electrons. The van der Waals surface area contributed by atoms with E-state index >= 15 is 0 Å². The average Bonchev–Trinajstić information content (AvgIpc) is 2.60. The summed E-state index contributed by atoms with van der Waals surface area (Å²) in [6.07, 6.45) is 1.23. The molecule has 0 saturated carbocycles. The molecule has 0 unspecified atom stereocenters. The number of amides is 1. The van der Waals surface area contributed by atoms with E-state index in [1.54, 1.807) is 12.1 Å². The summed E-state index contributed by atoms with van der Waals surface area (Å²) in [4.78, 5) is 14.3. The fourth-order valence-corrected chi connectivity index (χ4v) is 2.77. The van der Waals surface area contributed by atoms with Crippen molar-refractivity contribution in [3.8, 4) is 0 Å². The van der Waals surface area contributed by atoms with E-state index in [0.717, 1.165) is 49.8 Å². The Hall–Kier alpha value is -2.67. The minimum atomic E-state index is -0.729. The van der Waals surface area contributed by atoms with Crippen LogP contribution in [0.1, 0.15) is 23.2 Å².